The fraction of sp³-hybridized carbons (Fsp3) is 0.364. The third-order valence-electron chi connectivity index (χ3n) is 5.59. The summed E-state index contributed by atoms with van der Waals surface area (Å²) in [6.07, 6.45) is 3.05. The maximum absolute atomic E-state index is 13.0. The minimum Gasteiger partial charge on any atom is -0.392 e. The molecule has 3 aromatic rings. The van der Waals surface area contributed by atoms with Crippen molar-refractivity contribution in [1.82, 2.24) is 14.7 Å². The molecule has 1 aliphatic rings. The number of hydrogen-bond donors (Lipinski definition) is 1. The Morgan fingerprint density at radius 2 is 1.74 bits per heavy atom. The molecule has 2 heterocycles. The molecule has 5 nitrogen and oxygen atoms in total. The molecule has 1 N–H and O–H groups in total. The first-order chi connectivity index (χ1) is 13.2. The van der Waals surface area contributed by atoms with Gasteiger partial charge in [-0.1, -0.05) is 42.5 Å². The first-order valence-electron chi connectivity index (χ1n) is 9.55. The number of para-hydroxylation sites is 1. The number of aryl methyl sites for hydroxylation is 1. The van der Waals surface area contributed by atoms with Gasteiger partial charge in [-0.2, -0.15) is 5.10 Å². The molecule has 1 amide bonds. The summed E-state index contributed by atoms with van der Waals surface area (Å²) in [6.45, 7) is 1.65. The monoisotopic (exact) mass is 363 g/mol. The Kier molecular flexibility index (Phi) is 4.94. The van der Waals surface area contributed by atoms with Crippen molar-refractivity contribution < 1.29 is 9.90 Å². The molecule has 1 fully saturated rings. The first-order valence-corrected chi connectivity index (χ1v) is 9.55. The molecule has 0 radical (unpaired) electrons. The normalized spacial score (nSPS) is 15.4. The molecule has 1 saturated heterocycles. The number of benzene rings is 2. The van der Waals surface area contributed by atoms with Crippen molar-refractivity contribution >= 4 is 16.8 Å². The Hall–Kier alpha value is -2.66. The quantitative estimate of drug-likeness (QED) is 0.775. The lowest BCUT2D eigenvalue weighted by atomic mass is 9.90. The van der Waals surface area contributed by atoms with Crippen LogP contribution >= 0.6 is 0 Å². The molecule has 5 heteroatoms. The number of likely N-dealkylation sites (tertiary alicyclic amines) is 1. The summed E-state index contributed by atoms with van der Waals surface area (Å²) in [5, 5.41) is 14.5. The number of nitrogens with zero attached hydrogens (tertiary/aromatic N) is 3. The van der Waals surface area contributed by atoms with Crippen LogP contribution < -0.4 is 0 Å². The third kappa shape index (κ3) is 3.60. The van der Waals surface area contributed by atoms with Gasteiger partial charge in [0.1, 0.15) is 0 Å². The molecule has 0 saturated carbocycles. The topological polar surface area (TPSA) is 58.4 Å². The number of aliphatic hydroxyl groups is 1. The van der Waals surface area contributed by atoms with Gasteiger partial charge in [0.2, 0.25) is 0 Å². The lowest BCUT2D eigenvalue weighted by Gasteiger charge is -2.31. The Balaban J connectivity index is 1.40. The van der Waals surface area contributed by atoms with Crippen LogP contribution in [0.1, 0.15) is 34.5 Å². The molecule has 2 aromatic carbocycles. The number of aliphatic hydroxyl groups excluding tert-OH is 1. The first kappa shape index (κ1) is 17.7. The van der Waals surface area contributed by atoms with Crippen LogP contribution in [0.15, 0.2) is 48.5 Å². The number of carbonyl (C=O) groups excluding carboxylic acids is 1. The molecule has 4 rings (SSSR count). The van der Waals surface area contributed by atoms with Crippen molar-refractivity contribution in [1.29, 1.82) is 0 Å². The van der Waals surface area contributed by atoms with Crippen molar-refractivity contribution in [2.75, 3.05) is 13.1 Å². The van der Waals surface area contributed by atoms with E-state index < -0.39 is 0 Å². The predicted octanol–water partition coefficient (Wildman–Crippen LogP) is 3.16. The van der Waals surface area contributed by atoms with E-state index in [2.05, 4.69) is 17.2 Å². The minimum absolute atomic E-state index is 0.0394. The van der Waals surface area contributed by atoms with Crippen molar-refractivity contribution in [2.45, 2.75) is 25.9 Å². The van der Waals surface area contributed by atoms with Crippen LogP contribution in [0.4, 0.5) is 0 Å². The zero-order valence-corrected chi connectivity index (χ0v) is 15.6. The van der Waals surface area contributed by atoms with E-state index in [1.54, 1.807) is 4.68 Å². The van der Waals surface area contributed by atoms with E-state index in [1.165, 1.54) is 5.56 Å². The molecule has 1 aliphatic heterocycles. The van der Waals surface area contributed by atoms with Crippen LogP contribution in [0.2, 0.25) is 0 Å². The zero-order valence-electron chi connectivity index (χ0n) is 15.6. The maximum atomic E-state index is 13.0. The van der Waals surface area contributed by atoms with Crippen molar-refractivity contribution in [3.8, 4) is 0 Å². The van der Waals surface area contributed by atoms with E-state index in [9.17, 15) is 4.79 Å². The number of piperidine rings is 1. The van der Waals surface area contributed by atoms with Crippen LogP contribution in [0.25, 0.3) is 10.9 Å². The lowest BCUT2D eigenvalue weighted by Crippen LogP contribution is -2.39. The number of rotatable bonds is 4. The van der Waals surface area contributed by atoms with Crippen molar-refractivity contribution in [3.05, 3.63) is 65.4 Å². The highest BCUT2D eigenvalue weighted by molar-refractivity contribution is 6.04. The summed E-state index contributed by atoms with van der Waals surface area (Å²) in [4.78, 5) is 14.9. The highest BCUT2D eigenvalue weighted by Gasteiger charge is 2.26. The number of amides is 1. The average Bonchev–Trinajstić information content (AvgIpc) is 3.06. The molecule has 0 unspecified atom stereocenters. The summed E-state index contributed by atoms with van der Waals surface area (Å²) < 4.78 is 1.78. The summed E-state index contributed by atoms with van der Waals surface area (Å²) in [7, 11) is 1.88. The van der Waals surface area contributed by atoms with Crippen LogP contribution in [-0.4, -0.2) is 38.8 Å². The number of fused-ring (bicyclic) bond motifs is 1. The standard InChI is InChI=1S/C22H25N3O2/c1-24-20-5-3-2-4-19(20)21(23-24)22(27)25-12-10-17(11-13-25)14-16-6-8-18(15-26)9-7-16/h2-9,17,26H,10-15H2,1H3. The molecule has 0 aliphatic carbocycles. The minimum atomic E-state index is 0.0394. The van der Waals surface area contributed by atoms with E-state index in [-0.39, 0.29) is 12.5 Å². The molecule has 0 spiro atoms. The number of carbonyl (C=O) groups is 1. The fourth-order valence-electron chi connectivity index (χ4n) is 3.98. The second kappa shape index (κ2) is 7.53. The number of aromatic nitrogens is 2. The maximum Gasteiger partial charge on any atom is 0.275 e. The van der Waals surface area contributed by atoms with E-state index in [0.29, 0.717) is 11.6 Å². The van der Waals surface area contributed by atoms with Crippen LogP contribution in [0.3, 0.4) is 0 Å². The molecule has 0 atom stereocenters. The van der Waals surface area contributed by atoms with Gasteiger partial charge in [0.15, 0.2) is 5.69 Å². The van der Waals surface area contributed by atoms with Crippen LogP contribution in [-0.2, 0) is 20.1 Å². The van der Waals surface area contributed by atoms with Crippen molar-refractivity contribution in [3.63, 3.8) is 0 Å². The molecule has 27 heavy (non-hydrogen) atoms. The highest BCUT2D eigenvalue weighted by Crippen LogP contribution is 2.25. The largest absolute Gasteiger partial charge is 0.392 e. The van der Waals surface area contributed by atoms with Gasteiger partial charge in [0.05, 0.1) is 12.1 Å². The third-order valence-corrected chi connectivity index (χ3v) is 5.59. The fourth-order valence-corrected chi connectivity index (χ4v) is 3.98. The molecule has 140 valence electrons. The van der Waals surface area contributed by atoms with Gasteiger partial charge >= 0.3 is 0 Å². The van der Waals surface area contributed by atoms with Gasteiger partial charge in [-0.25, -0.2) is 0 Å². The lowest BCUT2D eigenvalue weighted by molar-refractivity contribution is 0.0685. The Bertz CT molecular complexity index is 938. The van der Waals surface area contributed by atoms with E-state index in [0.717, 1.165) is 48.8 Å². The summed E-state index contributed by atoms with van der Waals surface area (Å²) in [5.41, 5.74) is 3.79. The van der Waals surface area contributed by atoms with E-state index in [1.807, 2.05) is 48.3 Å². The average molecular weight is 363 g/mol. The molecular formula is C22H25N3O2. The van der Waals surface area contributed by atoms with Gasteiger partial charge in [-0.05, 0) is 42.4 Å². The van der Waals surface area contributed by atoms with Gasteiger partial charge in [-0.15, -0.1) is 0 Å². The predicted molar refractivity (Wildman–Crippen MR) is 105 cm³/mol. The van der Waals surface area contributed by atoms with E-state index >= 15 is 0 Å². The SMILES string of the molecule is Cn1nc(C(=O)N2CCC(Cc3ccc(CO)cc3)CC2)c2ccccc21. The smallest absolute Gasteiger partial charge is 0.275 e. The van der Waals surface area contributed by atoms with E-state index in [4.69, 9.17) is 5.11 Å². The zero-order chi connectivity index (χ0) is 18.8. The summed E-state index contributed by atoms with van der Waals surface area (Å²) in [6, 6.07) is 16.1. The highest BCUT2D eigenvalue weighted by atomic mass is 16.3. The van der Waals surface area contributed by atoms with Gasteiger partial charge < -0.3 is 10.0 Å². The van der Waals surface area contributed by atoms with Crippen LogP contribution in [0, 0.1) is 5.92 Å². The molecular weight excluding hydrogens is 338 g/mol. The molecule has 0 bridgehead atoms. The molecule has 1 aromatic heterocycles. The Morgan fingerprint density at radius 1 is 1.07 bits per heavy atom. The Labute approximate surface area is 159 Å². The summed E-state index contributed by atoms with van der Waals surface area (Å²) in [5.74, 6) is 0.632. The number of hydrogen-bond acceptors (Lipinski definition) is 3. The van der Waals surface area contributed by atoms with Gasteiger partial charge in [0, 0.05) is 25.5 Å². The van der Waals surface area contributed by atoms with Gasteiger partial charge in [-0.3, -0.25) is 9.48 Å². The Morgan fingerprint density at radius 3 is 2.44 bits per heavy atom. The summed E-state index contributed by atoms with van der Waals surface area (Å²) >= 11 is 0. The second-order valence-electron chi connectivity index (χ2n) is 7.40. The van der Waals surface area contributed by atoms with Gasteiger partial charge in [0.25, 0.3) is 5.91 Å². The van der Waals surface area contributed by atoms with Crippen molar-refractivity contribution in [2.24, 2.45) is 13.0 Å². The second-order valence-corrected chi connectivity index (χ2v) is 7.40. The van der Waals surface area contributed by atoms with Crippen LogP contribution in [0.5, 0.6) is 0 Å².